The van der Waals surface area contributed by atoms with E-state index in [-0.39, 0.29) is 24.5 Å². The van der Waals surface area contributed by atoms with Gasteiger partial charge in [-0.2, -0.15) is 0 Å². The Morgan fingerprint density at radius 1 is 1.33 bits per heavy atom. The van der Waals surface area contributed by atoms with Crippen molar-refractivity contribution in [3.05, 3.63) is 24.3 Å². The van der Waals surface area contributed by atoms with E-state index in [0.717, 1.165) is 6.08 Å². The zero-order valence-corrected chi connectivity index (χ0v) is 10.1. The summed E-state index contributed by atoms with van der Waals surface area (Å²) in [7, 11) is 0. The summed E-state index contributed by atoms with van der Waals surface area (Å²) in [6.07, 6.45) is 2.27. The Kier molecular flexibility index (Phi) is 7.11. The van der Waals surface area contributed by atoms with Crippen LogP contribution in [0, 0.1) is 5.92 Å². The molecule has 0 aromatic heterocycles. The molecule has 0 rings (SSSR count). The van der Waals surface area contributed by atoms with Crippen LogP contribution in [0.2, 0.25) is 0 Å². The van der Waals surface area contributed by atoms with E-state index in [1.165, 1.54) is 0 Å². The number of hydrogen-bond donors (Lipinski definition) is 2. The van der Waals surface area contributed by atoms with Gasteiger partial charge in [-0.05, 0) is 18.8 Å². The summed E-state index contributed by atoms with van der Waals surface area (Å²) in [5.74, 6) is -3.20. The van der Waals surface area contributed by atoms with E-state index >= 15 is 0 Å². The molecule has 0 bridgehead atoms. The van der Waals surface area contributed by atoms with Gasteiger partial charge >= 0.3 is 17.9 Å². The van der Waals surface area contributed by atoms with Crippen LogP contribution >= 0.6 is 0 Å². The van der Waals surface area contributed by atoms with Gasteiger partial charge in [0.15, 0.2) is 0 Å². The first kappa shape index (κ1) is 15.9. The molecule has 0 aliphatic heterocycles. The van der Waals surface area contributed by atoms with Crippen LogP contribution in [-0.4, -0.2) is 34.7 Å². The Bertz CT molecular complexity index is 369. The number of esters is 1. The molecule has 18 heavy (non-hydrogen) atoms. The van der Waals surface area contributed by atoms with Gasteiger partial charge in [0, 0.05) is 17.7 Å². The second-order valence-electron chi connectivity index (χ2n) is 3.78. The highest BCUT2D eigenvalue weighted by Gasteiger charge is 2.14. The molecule has 0 saturated heterocycles. The third-order valence-electron chi connectivity index (χ3n) is 2.16. The Morgan fingerprint density at radius 2 is 1.94 bits per heavy atom. The number of ether oxygens (including phenoxy) is 1. The number of carbonyl (C=O) groups is 3. The largest absolute Gasteiger partial charge is 0.478 e. The fourth-order valence-electron chi connectivity index (χ4n) is 1.25. The maximum absolute atomic E-state index is 10.8. The first-order chi connectivity index (χ1) is 8.36. The number of rotatable bonds is 8. The highest BCUT2D eigenvalue weighted by Crippen LogP contribution is 2.15. The van der Waals surface area contributed by atoms with Gasteiger partial charge in [0.1, 0.15) is 0 Å². The molecule has 0 amide bonds. The van der Waals surface area contributed by atoms with E-state index in [2.05, 4.69) is 6.58 Å². The number of aliphatic carboxylic acids is 2. The SMILES string of the molecule is C=CC(=O)OCCC(C)C/C(=C/C(=O)O)C(=O)O. The summed E-state index contributed by atoms with van der Waals surface area (Å²) >= 11 is 0. The number of carbonyl (C=O) groups excluding carboxylic acids is 1. The van der Waals surface area contributed by atoms with E-state index < -0.39 is 17.9 Å². The van der Waals surface area contributed by atoms with Crippen LogP contribution in [0.15, 0.2) is 24.3 Å². The summed E-state index contributed by atoms with van der Waals surface area (Å²) < 4.78 is 4.74. The minimum atomic E-state index is -1.29. The fraction of sp³-hybridized carbons (Fsp3) is 0.417. The fourth-order valence-corrected chi connectivity index (χ4v) is 1.25. The van der Waals surface area contributed by atoms with Gasteiger partial charge in [-0.1, -0.05) is 13.5 Å². The van der Waals surface area contributed by atoms with Gasteiger partial charge < -0.3 is 14.9 Å². The molecule has 1 atom stereocenters. The summed E-state index contributed by atoms with van der Waals surface area (Å²) in [6, 6.07) is 0. The average molecular weight is 256 g/mol. The van der Waals surface area contributed by atoms with Crippen LogP contribution in [0.4, 0.5) is 0 Å². The molecular weight excluding hydrogens is 240 g/mol. The first-order valence-electron chi connectivity index (χ1n) is 5.32. The van der Waals surface area contributed by atoms with Crippen LogP contribution in [0.3, 0.4) is 0 Å². The Labute approximate surface area is 105 Å². The summed E-state index contributed by atoms with van der Waals surface area (Å²) in [5, 5.41) is 17.3. The average Bonchev–Trinajstić information content (AvgIpc) is 2.27. The van der Waals surface area contributed by atoms with Crippen LogP contribution in [0.25, 0.3) is 0 Å². The predicted octanol–water partition coefficient (Wildman–Crippen LogP) is 1.23. The lowest BCUT2D eigenvalue weighted by Crippen LogP contribution is -2.11. The standard InChI is InChI=1S/C12H16O6/c1-3-11(15)18-5-4-8(2)6-9(12(16)17)7-10(13)14/h3,7-8H,1,4-6H2,2H3,(H,13,14)(H,16,17)/b9-7-. The lowest BCUT2D eigenvalue weighted by atomic mass is 9.98. The topological polar surface area (TPSA) is 101 Å². The van der Waals surface area contributed by atoms with Crippen molar-refractivity contribution in [3.8, 4) is 0 Å². The van der Waals surface area contributed by atoms with Gasteiger partial charge in [0.25, 0.3) is 0 Å². The van der Waals surface area contributed by atoms with Crippen molar-refractivity contribution in [3.63, 3.8) is 0 Å². The molecule has 0 heterocycles. The number of carboxylic acid groups (broad SMARTS) is 2. The van der Waals surface area contributed by atoms with Crippen molar-refractivity contribution < 1.29 is 29.3 Å². The van der Waals surface area contributed by atoms with Gasteiger partial charge in [-0.3, -0.25) is 0 Å². The van der Waals surface area contributed by atoms with Crippen molar-refractivity contribution in [2.45, 2.75) is 19.8 Å². The van der Waals surface area contributed by atoms with Crippen LogP contribution in [0.1, 0.15) is 19.8 Å². The number of carboxylic acids is 2. The van der Waals surface area contributed by atoms with E-state index in [9.17, 15) is 14.4 Å². The van der Waals surface area contributed by atoms with Gasteiger partial charge in [-0.25, -0.2) is 14.4 Å². The maximum atomic E-state index is 10.8. The Hall–Kier alpha value is -2.11. The highest BCUT2D eigenvalue weighted by molar-refractivity contribution is 5.94. The Morgan fingerprint density at radius 3 is 2.39 bits per heavy atom. The quantitative estimate of drug-likeness (QED) is 0.500. The van der Waals surface area contributed by atoms with E-state index in [0.29, 0.717) is 12.5 Å². The first-order valence-corrected chi connectivity index (χ1v) is 5.32. The minimum absolute atomic E-state index is 0.104. The summed E-state index contributed by atoms with van der Waals surface area (Å²) in [6.45, 7) is 5.13. The van der Waals surface area contributed by atoms with E-state index in [4.69, 9.17) is 14.9 Å². The zero-order chi connectivity index (χ0) is 14.1. The molecule has 0 aliphatic rings. The van der Waals surface area contributed by atoms with Gasteiger partial charge in [0.2, 0.25) is 0 Å². The summed E-state index contributed by atoms with van der Waals surface area (Å²) in [5.41, 5.74) is -0.176. The molecule has 0 fully saturated rings. The van der Waals surface area contributed by atoms with Crippen molar-refractivity contribution >= 4 is 17.9 Å². The molecule has 0 saturated carbocycles. The van der Waals surface area contributed by atoms with Crippen molar-refractivity contribution in [1.29, 1.82) is 0 Å². The zero-order valence-electron chi connectivity index (χ0n) is 10.1. The summed E-state index contributed by atoms with van der Waals surface area (Å²) in [4.78, 5) is 31.9. The maximum Gasteiger partial charge on any atom is 0.331 e. The van der Waals surface area contributed by atoms with Crippen molar-refractivity contribution in [1.82, 2.24) is 0 Å². The second-order valence-corrected chi connectivity index (χ2v) is 3.78. The van der Waals surface area contributed by atoms with Crippen molar-refractivity contribution in [2.24, 2.45) is 5.92 Å². The lowest BCUT2D eigenvalue weighted by molar-refractivity contribution is -0.138. The smallest absolute Gasteiger partial charge is 0.331 e. The monoisotopic (exact) mass is 256 g/mol. The third kappa shape index (κ3) is 7.21. The van der Waals surface area contributed by atoms with Crippen LogP contribution in [0.5, 0.6) is 0 Å². The van der Waals surface area contributed by atoms with E-state index in [1.807, 2.05) is 0 Å². The molecule has 1 unspecified atom stereocenters. The van der Waals surface area contributed by atoms with Crippen LogP contribution < -0.4 is 0 Å². The minimum Gasteiger partial charge on any atom is -0.478 e. The molecular formula is C12H16O6. The van der Waals surface area contributed by atoms with E-state index in [1.54, 1.807) is 6.92 Å². The highest BCUT2D eigenvalue weighted by atomic mass is 16.5. The molecule has 0 radical (unpaired) electrons. The van der Waals surface area contributed by atoms with Crippen molar-refractivity contribution in [2.75, 3.05) is 6.61 Å². The molecule has 6 nitrogen and oxygen atoms in total. The van der Waals surface area contributed by atoms with Gasteiger partial charge in [0.05, 0.1) is 6.61 Å². The molecule has 0 aromatic carbocycles. The second kappa shape index (κ2) is 8.05. The van der Waals surface area contributed by atoms with Crippen LogP contribution in [-0.2, 0) is 19.1 Å². The predicted molar refractivity (Wildman–Crippen MR) is 62.9 cm³/mol. The normalized spacial score (nSPS) is 12.6. The lowest BCUT2D eigenvalue weighted by Gasteiger charge is -2.11. The Balaban J connectivity index is 4.23. The molecule has 6 heteroatoms. The molecule has 0 aliphatic carbocycles. The molecule has 0 spiro atoms. The van der Waals surface area contributed by atoms with Gasteiger partial charge in [-0.15, -0.1) is 0 Å². The molecule has 100 valence electrons. The molecule has 2 N–H and O–H groups in total. The third-order valence-corrected chi connectivity index (χ3v) is 2.16. The number of hydrogen-bond acceptors (Lipinski definition) is 4. The molecule has 0 aromatic rings.